The van der Waals surface area contributed by atoms with Crippen LogP contribution in [-0.2, 0) is 15.8 Å². The third-order valence-electron chi connectivity index (χ3n) is 5.39. The van der Waals surface area contributed by atoms with E-state index in [0.29, 0.717) is 60.2 Å². The highest BCUT2D eigenvalue weighted by molar-refractivity contribution is 9.10. The Bertz CT molecular complexity index is 1400. The lowest BCUT2D eigenvalue weighted by molar-refractivity contribution is 0.0852. The number of fused-ring (bicyclic) bond motifs is 1. The van der Waals surface area contributed by atoms with Crippen LogP contribution in [0.4, 0.5) is 5.82 Å². The molecular weight excluding hydrogens is 575 g/mol. The van der Waals surface area contributed by atoms with Crippen LogP contribution in [0.3, 0.4) is 0 Å². The molecular formula is C25H28BrN6O5P. The van der Waals surface area contributed by atoms with Crippen molar-refractivity contribution in [2.24, 2.45) is 0 Å². The summed E-state index contributed by atoms with van der Waals surface area (Å²) in [5, 5.41) is 2.86. The van der Waals surface area contributed by atoms with Crippen LogP contribution in [0.2, 0.25) is 0 Å². The second kappa shape index (κ2) is 13.4. The van der Waals surface area contributed by atoms with Crippen LogP contribution in [0.1, 0.15) is 23.7 Å². The lowest BCUT2D eigenvalue weighted by Gasteiger charge is -2.14. The predicted molar refractivity (Wildman–Crippen MR) is 148 cm³/mol. The number of nitrogen functional groups attached to an aromatic ring is 1. The van der Waals surface area contributed by atoms with Gasteiger partial charge in [0.1, 0.15) is 29.7 Å². The van der Waals surface area contributed by atoms with Crippen molar-refractivity contribution in [1.82, 2.24) is 24.8 Å². The number of carbonyl (C=O) groups is 1. The van der Waals surface area contributed by atoms with E-state index in [1.807, 2.05) is 23.6 Å². The zero-order chi connectivity index (χ0) is 26.9. The lowest BCUT2D eigenvalue weighted by Crippen LogP contribution is -2.25. The van der Waals surface area contributed by atoms with Crippen LogP contribution in [0.25, 0.3) is 11.2 Å². The number of benzene rings is 2. The van der Waals surface area contributed by atoms with Crippen LogP contribution in [-0.4, -0.2) is 51.0 Å². The van der Waals surface area contributed by atoms with Crippen LogP contribution < -0.4 is 20.3 Å². The minimum absolute atomic E-state index is 0.0429. The maximum absolute atomic E-state index is 12.5. The van der Waals surface area contributed by atoms with Gasteiger partial charge in [-0.15, -0.1) is 0 Å². The number of ether oxygens (including phenoxy) is 2. The Morgan fingerprint density at radius 3 is 2.76 bits per heavy atom. The number of nitrogens with one attached hydrogen (secondary N) is 1. The summed E-state index contributed by atoms with van der Waals surface area (Å²) in [5.74, 6) is 1.19. The average molecular weight is 603 g/mol. The monoisotopic (exact) mass is 602 g/mol. The number of nitrogens with two attached hydrogens (primary N) is 1. The number of rotatable bonds is 13. The minimum Gasteiger partial charge on any atom is -0.493 e. The zero-order valence-electron chi connectivity index (χ0n) is 20.7. The molecule has 0 saturated carbocycles. The number of hydrogen-bond acceptors (Lipinski definition) is 9. The Morgan fingerprint density at radius 2 is 1.95 bits per heavy atom. The van der Waals surface area contributed by atoms with Crippen molar-refractivity contribution in [2.75, 3.05) is 25.2 Å². The Kier molecular flexibility index (Phi) is 9.69. The molecule has 200 valence electrons. The van der Waals surface area contributed by atoms with Gasteiger partial charge in [-0.1, -0.05) is 22.0 Å². The fraction of sp³-hybridized carbons (Fsp3) is 0.280. The van der Waals surface area contributed by atoms with Gasteiger partial charge in [-0.25, -0.2) is 15.0 Å². The van der Waals surface area contributed by atoms with Crippen molar-refractivity contribution in [2.45, 2.75) is 26.0 Å². The molecule has 1 amide bonds. The number of halogens is 1. The Balaban J connectivity index is 1.16. The van der Waals surface area contributed by atoms with E-state index < -0.39 is 8.03 Å². The molecule has 2 aromatic carbocycles. The summed E-state index contributed by atoms with van der Waals surface area (Å²) in [6.45, 7) is 3.19. The fourth-order valence-electron chi connectivity index (χ4n) is 3.53. The highest BCUT2D eigenvalue weighted by Gasteiger charge is 2.13. The summed E-state index contributed by atoms with van der Waals surface area (Å²) in [5.41, 5.74) is 7.56. The molecule has 0 saturated heterocycles. The van der Waals surface area contributed by atoms with Gasteiger partial charge in [0.05, 0.1) is 25.6 Å². The van der Waals surface area contributed by atoms with Crippen molar-refractivity contribution in [3.63, 3.8) is 0 Å². The van der Waals surface area contributed by atoms with Gasteiger partial charge in [0.2, 0.25) is 0 Å². The minimum atomic E-state index is -2.50. The molecule has 0 aliphatic rings. The smallest absolute Gasteiger partial charge is 0.261 e. The van der Waals surface area contributed by atoms with E-state index in [1.54, 1.807) is 42.7 Å². The Hall–Kier alpha value is -3.47. The van der Waals surface area contributed by atoms with E-state index in [4.69, 9.17) is 19.7 Å². The molecule has 38 heavy (non-hydrogen) atoms. The molecule has 2 heterocycles. The molecule has 0 fully saturated rings. The highest BCUT2D eigenvalue weighted by atomic mass is 79.9. The molecule has 2 atom stereocenters. The molecule has 11 nitrogen and oxygen atoms in total. The third kappa shape index (κ3) is 7.77. The van der Waals surface area contributed by atoms with E-state index in [9.17, 15) is 9.36 Å². The van der Waals surface area contributed by atoms with E-state index in [1.165, 1.54) is 6.33 Å². The number of nitrogens with zero attached hydrogens (tertiary/aromatic N) is 4. The summed E-state index contributed by atoms with van der Waals surface area (Å²) in [6.07, 6.45) is 3.32. The molecule has 0 aliphatic carbocycles. The molecule has 0 bridgehead atoms. The van der Waals surface area contributed by atoms with E-state index >= 15 is 0 Å². The Labute approximate surface area is 228 Å². The van der Waals surface area contributed by atoms with Crippen molar-refractivity contribution in [3.8, 4) is 11.5 Å². The number of anilines is 1. The number of carbonyl (C=O) groups excluding carboxylic acids is 1. The van der Waals surface area contributed by atoms with Gasteiger partial charge in [-0.2, -0.15) is 0 Å². The first kappa shape index (κ1) is 27.6. The second-order valence-electron chi connectivity index (χ2n) is 8.36. The SMILES string of the molecule is CC(Cn1cnc2c(N)ncnc21)OC[PH](=O)Oc1cccc(OCCCNC(=O)c2ccc(Br)cc2)c1. The number of imidazole rings is 1. The molecule has 0 spiro atoms. The zero-order valence-corrected chi connectivity index (χ0v) is 23.3. The summed E-state index contributed by atoms with van der Waals surface area (Å²) in [7, 11) is -2.50. The van der Waals surface area contributed by atoms with Crippen LogP contribution in [0.15, 0.2) is 65.7 Å². The Morgan fingerprint density at radius 1 is 1.16 bits per heavy atom. The third-order valence-corrected chi connectivity index (χ3v) is 6.78. The second-order valence-corrected chi connectivity index (χ2v) is 10.5. The average Bonchev–Trinajstić information content (AvgIpc) is 3.31. The molecule has 2 unspecified atom stereocenters. The molecule has 13 heteroatoms. The predicted octanol–water partition coefficient (Wildman–Crippen LogP) is 4.29. The summed E-state index contributed by atoms with van der Waals surface area (Å²) in [4.78, 5) is 24.5. The molecule has 2 aromatic heterocycles. The summed E-state index contributed by atoms with van der Waals surface area (Å²) < 4.78 is 32.2. The quantitative estimate of drug-likeness (QED) is 0.169. The molecule has 0 aliphatic heterocycles. The molecule has 3 N–H and O–H groups in total. The van der Waals surface area contributed by atoms with E-state index in [0.717, 1.165) is 4.47 Å². The fourth-order valence-corrected chi connectivity index (χ4v) is 4.66. The summed E-state index contributed by atoms with van der Waals surface area (Å²) in [6, 6.07) is 14.1. The van der Waals surface area contributed by atoms with E-state index in [2.05, 4.69) is 36.2 Å². The van der Waals surface area contributed by atoms with E-state index in [-0.39, 0.29) is 18.4 Å². The number of amides is 1. The van der Waals surface area contributed by atoms with Gasteiger partial charge in [0, 0.05) is 22.6 Å². The first-order valence-corrected chi connectivity index (χ1v) is 14.2. The van der Waals surface area contributed by atoms with Gasteiger partial charge < -0.3 is 29.6 Å². The highest BCUT2D eigenvalue weighted by Crippen LogP contribution is 2.30. The van der Waals surface area contributed by atoms with Gasteiger partial charge in [0.25, 0.3) is 13.9 Å². The summed E-state index contributed by atoms with van der Waals surface area (Å²) >= 11 is 3.35. The molecule has 4 rings (SSSR count). The van der Waals surface area contributed by atoms with Gasteiger partial charge in [-0.3, -0.25) is 9.36 Å². The van der Waals surface area contributed by atoms with Crippen molar-refractivity contribution < 1.29 is 23.4 Å². The number of aromatic nitrogens is 4. The molecule has 0 radical (unpaired) electrons. The van der Waals surface area contributed by atoms with Crippen molar-refractivity contribution in [1.29, 1.82) is 0 Å². The standard InChI is InChI=1S/C25H28BrN6O5P/c1-17(13-32-15-31-22-23(27)29-14-30-24(22)32)36-16-38(34)37-21-5-2-4-20(12-21)35-11-3-10-28-25(33)18-6-8-19(26)9-7-18/h2,4-9,12,14-15,17,38H,3,10-11,13,16H2,1H3,(H,28,33)(H2,27,29,30). The van der Waals surface area contributed by atoms with Crippen molar-refractivity contribution in [3.05, 3.63) is 71.2 Å². The first-order valence-electron chi connectivity index (χ1n) is 11.9. The first-order chi connectivity index (χ1) is 18.4. The molecule has 4 aromatic rings. The normalized spacial score (nSPS) is 12.7. The maximum atomic E-state index is 12.5. The maximum Gasteiger partial charge on any atom is 0.261 e. The van der Waals surface area contributed by atoms with Gasteiger partial charge >= 0.3 is 0 Å². The lowest BCUT2D eigenvalue weighted by atomic mass is 10.2. The topological polar surface area (TPSA) is 143 Å². The van der Waals surface area contributed by atoms with Crippen LogP contribution in [0, 0.1) is 0 Å². The number of hydrogen-bond donors (Lipinski definition) is 2. The van der Waals surface area contributed by atoms with Crippen LogP contribution >= 0.6 is 24.0 Å². The van der Waals surface area contributed by atoms with Gasteiger partial charge in [0.15, 0.2) is 11.5 Å². The largest absolute Gasteiger partial charge is 0.493 e. The van der Waals surface area contributed by atoms with Crippen molar-refractivity contribution >= 4 is 46.8 Å². The van der Waals surface area contributed by atoms with Gasteiger partial charge in [-0.05, 0) is 49.7 Å². The van der Waals surface area contributed by atoms with Crippen LogP contribution in [0.5, 0.6) is 11.5 Å².